The molecule has 1 aliphatic heterocycles. The Balaban J connectivity index is 1.45. The lowest BCUT2D eigenvalue weighted by atomic mass is 10.1. The van der Waals surface area contributed by atoms with Crippen LogP contribution < -0.4 is 0 Å². The average Bonchev–Trinajstić information content (AvgIpc) is 2.94. The second-order valence-corrected chi connectivity index (χ2v) is 6.48. The molecule has 2 aliphatic rings. The third-order valence-electron chi connectivity index (χ3n) is 4.96. The molecule has 3 unspecified atom stereocenters. The number of pyridine rings is 2. The molecule has 0 aromatic carbocycles. The Labute approximate surface area is 142 Å². The van der Waals surface area contributed by atoms with E-state index in [1.807, 2.05) is 42.9 Å². The summed E-state index contributed by atoms with van der Waals surface area (Å²) >= 11 is 0. The minimum atomic E-state index is 0.129. The van der Waals surface area contributed by atoms with Gasteiger partial charge in [0.1, 0.15) is 0 Å². The van der Waals surface area contributed by atoms with Crippen LogP contribution in [0.15, 0.2) is 48.9 Å². The van der Waals surface area contributed by atoms with Gasteiger partial charge in [-0.2, -0.15) is 0 Å². The molecule has 1 saturated heterocycles. The van der Waals surface area contributed by atoms with Gasteiger partial charge in [0.2, 0.25) is 0 Å². The molecule has 2 bridgehead atoms. The molecule has 1 saturated carbocycles. The highest BCUT2D eigenvalue weighted by Crippen LogP contribution is 2.33. The number of nitrogens with zero attached hydrogens (tertiary/aromatic N) is 3. The smallest absolute Gasteiger partial charge is 0.0995 e. The average molecular weight is 325 g/mol. The quantitative estimate of drug-likeness (QED) is 0.845. The van der Waals surface area contributed by atoms with E-state index < -0.39 is 0 Å². The minimum absolute atomic E-state index is 0.129. The number of ether oxygens (including phenoxy) is 2. The number of aromatic nitrogens is 2. The lowest BCUT2D eigenvalue weighted by Crippen LogP contribution is -2.42. The fraction of sp³-hybridized carbons (Fsp3) is 0.474. The normalized spacial score (nSPS) is 27.1. The molecule has 3 heterocycles. The molecule has 2 fully saturated rings. The van der Waals surface area contributed by atoms with Crippen molar-refractivity contribution in [3.05, 3.63) is 60.2 Å². The van der Waals surface area contributed by atoms with Gasteiger partial charge in [0, 0.05) is 37.7 Å². The molecule has 24 heavy (non-hydrogen) atoms. The van der Waals surface area contributed by atoms with Crippen molar-refractivity contribution in [1.82, 2.24) is 14.9 Å². The molecule has 5 nitrogen and oxygen atoms in total. The van der Waals surface area contributed by atoms with E-state index >= 15 is 0 Å². The maximum Gasteiger partial charge on any atom is 0.0995 e. The van der Waals surface area contributed by atoms with Gasteiger partial charge in [0.15, 0.2) is 0 Å². The van der Waals surface area contributed by atoms with E-state index in [4.69, 9.17) is 9.47 Å². The van der Waals surface area contributed by atoms with Gasteiger partial charge < -0.3 is 9.47 Å². The van der Waals surface area contributed by atoms with Gasteiger partial charge in [-0.3, -0.25) is 14.9 Å². The topological polar surface area (TPSA) is 47.5 Å². The summed E-state index contributed by atoms with van der Waals surface area (Å²) < 4.78 is 12.4. The Morgan fingerprint density at radius 2 is 2.04 bits per heavy atom. The number of rotatable bonds is 5. The number of fused-ring (bicyclic) bond motifs is 2. The van der Waals surface area contributed by atoms with Gasteiger partial charge in [-0.05, 0) is 42.7 Å². The Morgan fingerprint density at radius 3 is 2.88 bits per heavy atom. The Morgan fingerprint density at radius 1 is 1.12 bits per heavy atom. The van der Waals surface area contributed by atoms with Crippen LogP contribution in [0.4, 0.5) is 0 Å². The van der Waals surface area contributed by atoms with Crippen molar-refractivity contribution in [2.75, 3.05) is 13.2 Å². The summed E-state index contributed by atoms with van der Waals surface area (Å²) in [6.07, 6.45) is 8.02. The molecule has 5 heteroatoms. The summed E-state index contributed by atoms with van der Waals surface area (Å²) in [5.74, 6) is 0. The van der Waals surface area contributed by atoms with Gasteiger partial charge in [-0.1, -0.05) is 6.07 Å². The summed E-state index contributed by atoms with van der Waals surface area (Å²) in [4.78, 5) is 11.0. The van der Waals surface area contributed by atoms with Crippen LogP contribution in [0.5, 0.6) is 0 Å². The van der Waals surface area contributed by atoms with Crippen LogP contribution in [0.25, 0.3) is 0 Å². The largest absolute Gasteiger partial charge is 0.374 e. The van der Waals surface area contributed by atoms with E-state index in [0.717, 1.165) is 43.8 Å². The second kappa shape index (κ2) is 7.38. The summed E-state index contributed by atoms with van der Waals surface area (Å²) in [5.41, 5.74) is 2.26. The van der Waals surface area contributed by atoms with Gasteiger partial charge in [0.05, 0.1) is 31.1 Å². The lowest BCUT2D eigenvalue weighted by Gasteiger charge is -2.31. The van der Waals surface area contributed by atoms with Crippen LogP contribution in [0.3, 0.4) is 0 Å². The SMILES string of the molecule is c1ccc(CN2CCOC3CCC2C3OCc2ccncc2)nc1. The second-order valence-electron chi connectivity index (χ2n) is 6.48. The van der Waals surface area contributed by atoms with Crippen molar-refractivity contribution in [2.45, 2.75) is 44.2 Å². The van der Waals surface area contributed by atoms with Crippen LogP contribution in [0, 0.1) is 0 Å². The van der Waals surface area contributed by atoms with Crippen molar-refractivity contribution in [1.29, 1.82) is 0 Å². The zero-order valence-corrected chi connectivity index (χ0v) is 13.8. The third-order valence-corrected chi connectivity index (χ3v) is 4.96. The van der Waals surface area contributed by atoms with Crippen LogP contribution >= 0.6 is 0 Å². The first kappa shape index (κ1) is 15.7. The molecule has 4 rings (SSSR count). The monoisotopic (exact) mass is 325 g/mol. The fourth-order valence-electron chi connectivity index (χ4n) is 3.75. The van der Waals surface area contributed by atoms with Crippen molar-refractivity contribution in [2.24, 2.45) is 0 Å². The first-order valence-electron chi connectivity index (χ1n) is 8.66. The Hall–Kier alpha value is -1.82. The summed E-state index contributed by atoms with van der Waals surface area (Å²) in [6.45, 7) is 3.17. The first-order chi connectivity index (χ1) is 11.9. The van der Waals surface area contributed by atoms with E-state index in [-0.39, 0.29) is 12.2 Å². The minimum Gasteiger partial charge on any atom is -0.374 e. The van der Waals surface area contributed by atoms with Gasteiger partial charge in [-0.25, -0.2) is 0 Å². The van der Waals surface area contributed by atoms with E-state index in [9.17, 15) is 0 Å². The predicted octanol–water partition coefficient (Wildman–Crippen LogP) is 2.43. The van der Waals surface area contributed by atoms with Gasteiger partial charge in [-0.15, -0.1) is 0 Å². The molecule has 0 spiro atoms. The summed E-state index contributed by atoms with van der Waals surface area (Å²) in [5, 5.41) is 0. The van der Waals surface area contributed by atoms with Crippen LogP contribution in [-0.2, 0) is 22.6 Å². The van der Waals surface area contributed by atoms with Crippen molar-refractivity contribution < 1.29 is 9.47 Å². The van der Waals surface area contributed by atoms with E-state index in [1.54, 1.807) is 0 Å². The molecular weight excluding hydrogens is 302 g/mol. The van der Waals surface area contributed by atoms with E-state index in [0.29, 0.717) is 12.6 Å². The summed E-state index contributed by atoms with van der Waals surface area (Å²) in [6, 6.07) is 10.5. The molecule has 3 atom stereocenters. The maximum atomic E-state index is 6.29. The molecule has 1 aliphatic carbocycles. The molecule has 126 valence electrons. The molecule has 0 amide bonds. The Kier molecular flexibility index (Phi) is 4.83. The zero-order valence-electron chi connectivity index (χ0n) is 13.8. The zero-order chi connectivity index (χ0) is 16.2. The lowest BCUT2D eigenvalue weighted by molar-refractivity contribution is -0.0614. The van der Waals surface area contributed by atoms with Crippen LogP contribution in [0.1, 0.15) is 24.1 Å². The van der Waals surface area contributed by atoms with Crippen molar-refractivity contribution in [3.63, 3.8) is 0 Å². The van der Waals surface area contributed by atoms with E-state index in [2.05, 4.69) is 20.9 Å². The molecular formula is C19H23N3O2. The standard InChI is InChI=1S/C19H23N3O2/c1-2-8-21-16(3-1)13-22-11-12-23-18-5-4-17(22)19(18)24-14-15-6-9-20-10-7-15/h1-3,6-10,17-19H,4-5,11-14H2. The molecule has 2 aromatic heterocycles. The maximum absolute atomic E-state index is 6.29. The van der Waals surface area contributed by atoms with Crippen molar-refractivity contribution >= 4 is 0 Å². The number of hydrogen-bond donors (Lipinski definition) is 0. The highest BCUT2D eigenvalue weighted by Gasteiger charge is 2.43. The molecule has 0 N–H and O–H groups in total. The van der Waals surface area contributed by atoms with E-state index in [1.165, 1.54) is 0 Å². The van der Waals surface area contributed by atoms with Crippen LogP contribution in [0.2, 0.25) is 0 Å². The fourth-order valence-corrected chi connectivity index (χ4v) is 3.75. The predicted molar refractivity (Wildman–Crippen MR) is 90.2 cm³/mol. The summed E-state index contributed by atoms with van der Waals surface area (Å²) in [7, 11) is 0. The van der Waals surface area contributed by atoms with Gasteiger partial charge in [0.25, 0.3) is 0 Å². The first-order valence-corrected chi connectivity index (χ1v) is 8.66. The molecule has 0 radical (unpaired) electrons. The van der Waals surface area contributed by atoms with Gasteiger partial charge >= 0.3 is 0 Å². The number of hydrogen-bond acceptors (Lipinski definition) is 5. The van der Waals surface area contributed by atoms with Crippen molar-refractivity contribution in [3.8, 4) is 0 Å². The highest BCUT2D eigenvalue weighted by atomic mass is 16.5. The molecule has 2 aromatic rings. The van der Waals surface area contributed by atoms with Crippen LogP contribution in [-0.4, -0.2) is 46.3 Å². The highest BCUT2D eigenvalue weighted by molar-refractivity contribution is 5.09. The Bertz CT molecular complexity index is 638. The third kappa shape index (κ3) is 3.48.